The van der Waals surface area contributed by atoms with E-state index >= 15 is 0 Å². The molecule has 6 heteroatoms. The van der Waals surface area contributed by atoms with E-state index in [0.717, 1.165) is 19.3 Å². The van der Waals surface area contributed by atoms with Crippen LogP contribution in [0, 0.1) is 11.8 Å². The third-order valence-corrected chi connectivity index (χ3v) is 2.56. The van der Waals surface area contributed by atoms with Crippen LogP contribution in [0.3, 0.4) is 0 Å². The van der Waals surface area contributed by atoms with Gasteiger partial charge in [0, 0.05) is 0 Å². The molecule has 0 N–H and O–H groups in total. The van der Waals surface area contributed by atoms with Gasteiger partial charge >= 0.3 is 0 Å². The van der Waals surface area contributed by atoms with E-state index in [1.54, 1.807) is 0 Å². The van der Waals surface area contributed by atoms with Crippen molar-refractivity contribution in [2.45, 2.75) is 26.2 Å². The molecule has 0 aliphatic heterocycles. The second kappa shape index (κ2) is 11.6. The van der Waals surface area contributed by atoms with Gasteiger partial charge in [0.1, 0.15) is 0 Å². The first-order chi connectivity index (χ1) is 8.74. The first-order valence-electron chi connectivity index (χ1n) is 5.85. The molecule has 0 spiro atoms. The Balaban J connectivity index is 4.15. The van der Waals surface area contributed by atoms with Gasteiger partial charge in [0.05, 0.1) is 19.6 Å². The number of hydrogen-bond donors (Lipinski definition) is 0. The Bertz CT molecular complexity index is 365. The Labute approximate surface area is 106 Å². The van der Waals surface area contributed by atoms with Gasteiger partial charge < -0.3 is 0 Å². The summed E-state index contributed by atoms with van der Waals surface area (Å²) >= 11 is 0. The van der Waals surface area contributed by atoms with E-state index in [4.69, 9.17) is 0 Å². The van der Waals surface area contributed by atoms with Crippen LogP contribution < -0.4 is 0 Å². The summed E-state index contributed by atoms with van der Waals surface area (Å²) in [7, 11) is 0. The molecule has 0 aliphatic rings. The zero-order chi connectivity index (χ0) is 13.6. The van der Waals surface area contributed by atoms with Gasteiger partial charge in [-0.05, 0) is 31.1 Å². The van der Waals surface area contributed by atoms with Crippen LogP contribution >= 0.6 is 0 Å². The molecule has 0 aromatic heterocycles. The first kappa shape index (κ1) is 16.1. The lowest BCUT2D eigenvalue weighted by Crippen LogP contribution is -2.12. The number of aliphatic imine (C=N–C) groups is 3. The molecule has 0 aliphatic carbocycles. The van der Waals surface area contributed by atoms with Crippen molar-refractivity contribution in [3.8, 4) is 0 Å². The number of hydrogen-bond acceptors (Lipinski definition) is 6. The Morgan fingerprint density at radius 2 is 1.56 bits per heavy atom. The summed E-state index contributed by atoms with van der Waals surface area (Å²) in [5.74, 6) is 0.443. The number of carbonyl (C=O) groups excluding carboxylic acids is 3. The summed E-state index contributed by atoms with van der Waals surface area (Å²) in [4.78, 5) is 40.6. The molecule has 6 nitrogen and oxygen atoms in total. The van der Waals surface area contributed by atoms with Crippen molar-refractivity contribution in [2.24, 2.45) is 26.8 Å². The molecule has 98 valence electrons. The predicted octanol–water partition coefficient (Wildman–Crippen LogP) is 1.42. The highest BCUT2D eigenvalue weighted by atomic mass is 16.1. The summed E-state index contributed by atoms with van der Waals surface area (Å²) in [5, 5.41) is 0. The minimum atomic E-state index is 0.213. The fourth-order valence-electron chi connectivity index (χ4n) is 1.79. The largest absolute Gasteiger partial charge is 0.234 e. The van der Waals surface area contributed by atoms with Crippen molar-refractivity contribution in [3.63, 3.8) is 0 Å². The second-order valence-corrected chi connectivity index (χ2v) is 4.19. The Hall–Kier alpha value is -1.86. The smallest absolute Gasteiger partial charge is 0.211 e. The number of isocyanates is 3. The quantitative estimate of drug-likeness (QED) is 0.334. The Morgan fingerprint density at radius 1 is 0.944 bits per heavy atom. The van der Waals surface area contributed by atoms with Gasteiger partial charge in [-0.2, -0.15) is 0 Å². The number of rotatable bonds is 10. The minimum Gasteiger partial charge on any atom is -0.211 e. The molecule has 0 aromatic rings. The fraction of sp³-hybridized carbons (Fsp3) is 0.750. The van der Waals surface area contributed by atoms with Crippen molar-refractivity contribution in [1.29, 1.82) is 0 Å². The average molecular weight is 251 g/mol. The molecule has 0 saturated heterocycles. The maximum absolute atomic E-state index is 10.1. The zero-order valence-electron chi connectivity index (χ0n) is 10.5. The van der Waals surface area contributed by atoms with Crippen molar-refractivity contribution in [3.05, 3.63) is 0 Å². The molecule has 2 unspecified atom stereocenters. The molecule has 0 bridgehead atoms. The van der Waals surface area contributed by atoms with E-state index in [1.807, 2.05) is 6.92 Å². The molecule has 0 amide bonds. The van der Waals surface area contributed by atoms with Crippen LogP contribution in [-0.2, 0) is 14.4 Å². The third-order valence-electron chi connectivity index (χ3n) is 2.56. The van der Waals surface area contributed by atoms with Crippen LogP contribution in [0.1, 0.15) is 26.2 Å². The lowest BCUT2D eigenvalue weighted by atomic mass is 9.92. The molecule has 0 radical (unpaired) electrons. The van der Waals surface area contributed by atoms with Gasteiger partial charge in [-0.1, -0.05) is 6.92 Å². The van der Waals surface area contributed by atoms with E-state index in [-0.39, 0.29) is 11.8 Å². The Kier molecular flexibility index (Phi) is 10.4. The highest BCUT2D eigenvalue weighted by Crippen LogP contribution is 2.18. The topological polar surface area (TPSA) is 88.3 Å². The molecule has 0 fully saturated rings. The van der Waals surface area contributed by atoms with Crippen LogP contribution in [-0.4, -0.2) is 37.9 Å². The molecule has 0 saturated carbocycles. The van der Waals surface area contributed by atoms with E-state index in [0.29, 0.717) is 19.6 Å². The molecule has 2 atom stereocenters. The summed E-state index contributed by atoms with van der Waals surface area (Å²) in [6, 6.07) is 0. The molecular weight excluding hydrogens is 234 g/mol. The van der Waals surface area contributed by atoms with E-state index < -0.39 is 0 Å². The van der Waals surface area contributed by atoms with E-state index in [2.05, 4.69) is 15.0 Å². The van der Waals surface area contributed by atoms with E-state index in [1.165, 1.54) is 18.2 Å². The summed E-state index contributed by atoms with van der Waals surface area (Å²) in [5.41, 5.74) is 0. The maximum Gasteiger partial charge on any atom is 0.234 e. The van der Waals surface area contributed by atoms with Gasteiger partial charge in [-0.25, -0.2) is 29.4 Å². The minimum absolute atomic E-state index is 0.213. The lowest BCUT2D eigenvalue weighted by molar-refractivity contribution is 0.375. The van der Waals surface area contributed by atoms with E-state index in [9.17, 15) is 14.4 Å². The highest BCUT2D eigenvalue weighted by Gasteiger charge is 2.12. The van der Waals surface area contributed by atoms with Crippen molar-refractivity contribution < 1.29 is 14.4 Å². The molecule has 0 heterocycles. The monoisotopic (exact) mass is 251 g/mol. The fourth-order valence-corrected chi connectivity index (χ4v) is 1.79. The van der Waals surface area contributed by atoms with Gasteiger partial charge in [-0.15, -0.1) is 0 Å². The number of nitrogens with zero attached hydrogens (tertiary/aromatic N) is 3. The summed E-state index contributed by atoms with van der Waals surface area (Å²) in [6.07, 6.45) is 6.88. The highest BCUT2D eigenvalue weighted by molar-refractivity contribution is 5.33. The summed E-state index contributed by atoms with van der Waals surface area (Å²) < 4.78 is 0. The zero-order valence-corrected chi connectivity index (χ0v) is 10.5. The van der Waals surface area contributed by atoms with Crippen LogP contribution in [0.5, 0.6) is 0 Å². The normalized spacial score (nSPS) is 12.5. The standard InChI is InChI=1S/C12H17N3O3/c1-11(6-14-9-17)5-12(7-15-10-18)3-2-4-13-8-16/h11-12H,2-7H2,1H3. The van der Waals surface area contributed by atoms with Crippen LogP contribution in [0.25, 0.3) is 0 Å². The molecular formula is C12H17N3O3. The van der Waals surface area contributed by atoms with Gasteiger partial charge in [0.2, 0.25) is 18.2 Å². The molecule has 0 rings (SSSR count). The third kappa shape index (κ3) is 9.37. The Morgan fingerprint density at radius 3 is 2.17 bits per heavy atom. The first-order valence-corrected chi connectivity index (χ1v) is 5.85. The second-order valence-electron chi connectivity index (χ2n) is 4.19. The predicted molar refractivity (Wildman–Crippen MR) is 65.5 cm³/mol. The lowest BCUT2D eigenvalue weighted by Gasteiger charge is -2.16. The van der Waals surface area contributed by atoms with Gasteiger partial charge in [0.25, 0.3) is 0 Å². The summed E-state index contributed by atoms with van der Waals surface area (Å²) in [6.45, 7) is 3.24. The van der Waals surface area contributed by atoms with Crippen molar-refractivity contribution in [2.75, 3.05) is 19.6 Å². The average Bonchev–Trinajstić information content (AvgIpc) is 2.38. The van der Waals surface area contributed by atoms with Crippen LogP contribution in [0.2, 0.25) is 0 Å². The van der Waals surface area contributed by atoms with Crippen LogP contribution in [0.15, 0.2) is 15.0 Å². The van der Waals surface area contributed by atoms with Gasteiger partial charge in [0.15, 0.2) is 0 Å². The van der Waals surface area contributed by atoms with Crippen LogP contribution in [0.4, 0.5) is 0 Å². The molecule has 0 aromatic carbocycles. The van der Waals surface area contributed by atoms with Crippen molar-refractivity contribution >= 4 is 18.2 Å². The van der Waals surface area contributed by atoms with Crippen molar-refractivity contribution in [1.82, 2.24) is 0 Å². The molecule has 18 heavy (non-hydrogen) atoms. The SMILES string of the molecule is CC(CN=C=O)CC(CCCN=C=O)CN=C=O. The maximum atomic E-state index is 10.1. The van der Waals surface area contributed by atoms with Gasteiger partial charge in [-0.3, -0.25) is 0 Å².